The molecule has 1 rings (SSSR count). The summed E-state index contributed by atoms with van der Waals surface area (Å²) in [5.41, 5.74) is 0. The highest BCUT2D eigenvalue weighted by molar-refractivity contribution is 5.69. The second-order valence-corrected chi connectivity index (χ2v) is 4.85. The molecule has 1 heterocycles. The lowest BCUT2D eigenvalue weighted by Crippen LogP contribution is -2.43. The Hall–Kier alpha value is -0.570. The maximum Gasteiger partial charge on any atom is 0.306 e. The maximum atomic E-state index is 11.4. The van der Waals surface area contributed by atoms with Crippen LogP contribution >= 0.6 is 0 Å². The molecule has 0 bridgehead atoms. The van der Waals surface area contributed by atoms with E-state index in [1.54, 1.807) is 0 Å². The molecule has 1 aliphatic heterocycles. The van der Waals surface area contributed by atoms with Gasteiger partial charge in [0.1, 0.15) is 0 Å². The fourth-order valence-corrected chi connectivity index (χ4v) is 2.70. The van der Waals surface area contributed by atoms with Gasteiger partial charge in [0, 0.05) is 19.5 Å². The summed E-state index contributed by atoms with van der Waals surface area (Å²) in [5.74, 6) is 1.62. The SMILES string of the molecule is CCOC(=O)CC1C(C)CN(C)CC1C. The number of ether oxygens (including phenoxy) is 1. The zero-order valence-electron chi connectivity index (χ0n) is 10.3. The van der Waals surface area contributed by atoms with Crippen LogP contribution in [0.3, 0.4) is 0 Å². The van der Waals surface area contributed by atoms with Gasteiger partial charge in [-0.15, -0.1) is 0 Å². The number of carbonyl (C=O) groups is 1. The summed E-state index contributed by atoms with van der Waals surface area (Å²) in [7, 11) is 2.15. The Morgan fingerprint density at radius 1 is 1.33 bits per heavy atom. The number of piperidine rings is 1. The number of hydrogen-bond acceptors (Lipinski definition) is 3. The predicted octanol–water partition coefficient (Wildman–Crippen LogP) is 1.77. The molecule has 3 heteroatoms. The summed E-state index contributed by atoms with van der Waals surface area (Å²) < 4.78 is 5.02. The van der Waals surface area contributed by atoms with Crippen LogP contribution in [0.4, 0.5) is 0 Å². The Morgan fingerprint density at radius 3 is 2.33 bits per heavy atom. The molecule has 88 valence electrons. The van der Waals surface area contributed by atoms with Gasteiger partial charge in [-0.1, -0.05) is 13.8 Å². The van der Waals surface area contributed by atoms with E-state index in [4.69, 9.17) is 4.74 Å². The standard InChI is InChI=1S/C12H23NO2/c1-5-15-12(14)6-11-9(2)7-13(4)8-10(11)3/h9-11H,5-8H2,1-4H3. The van der Waals surface area contributed by atoms with Gasteiger partial charge in [0.05, 0.1) is 6.61 Å². The van der Waals surface area contributed by atoms with Gasteiger partial charge >= 0.3 is 5.97 Å². The van der Waals surface area contributed by atoms with Gasteiger partial charge in [0.15, 0.2) is 0 Å². The van der Waals surface area contributed by atoms with E-state index in [0.29, 0.717) is 30.8 Å². The smallest absolute Gasteiger partial charge is 0.306 e. The van der Waals surface area contributed by atoms with Gasteiger partial charge in [-0.3, -0.25) is 4.79 Å². The molecular formula is C12H23NO2. The van der Waals surface area contributed by atoms with Crippen molar-refractivity contribution in [2.45, 2.75) is 27.2 Å². The first-order valence-corrected chi connectivity index (χ1v) is 5.88. The normalized spacial score (nSPS) is 32.7. The maximum absolute atomic E-state index is 11.4. The summed E-state index contributed by atoms with van der Waals surface area (Å²) in [6.07, 6.45) is 0.587. The molecule has 1 aliphatic rings. The number of esters is 1. The highest BCUT2D eigenvalue weighted by Gasteiger charge is 2.32. The van der Waals surface area contributed by atoms with Crippen molar-refractivity contribution in [3.63, 3.8) is 0 Å². The second-order valence-electron chi connectivity index (χ2n) is 4.85. The van der Waals surface area contributed by atoms with Crippen LogP contribution in [-0.2, 0) is 9.53 Å². The number of rotatable bonds is 3. The molecule has 1 saturated heterocycles. The van der Waals surface area contributed by atoms with E-state index in [2.05, 4.69) is 25.8 Å². The predicted molar refractivity (Wildman–Crippen MR) is 60.6 cm³/mol. The Morgan fingerprint density at radius 2 is 1.87 bits per heavy atom. The third-order valence-corrected chi connectivity index (χ3v) is 3.37. The largest absolute Gasteiger partial charge is 0.466 e. The van der Waals surface area contributed by atoms with Crippen molar-refractivity contribution in [2.24, 2.45) is 17.8 Å². The van der Waals surface area contributed by atoms with E-state index < -0.39 is 0 Å². The van der Waals surface area contributed by atoms with E-state index in [-0.39, 0.29) is 5.97 Å². The Bertz CT molecular complexity index is 206. The average molecular weight is 213 g/mol. The molecule has 2 atom stereocenters. The van der Waals surface area contributed by atoms with Crippen molar-refractivity contribution in [1.29, 1.82) is 0 Å². The number of hydrogen-bond donors (Lipinski definition) is 0. The second kappa shape index (κ2) is 5.50. The minimum atomic E-state index is -0.0363. The molecule has 0 spiro atoms. The third-order valence-electron chi connectivity index (χ3n) is 3.37. The lowest BCUT2D eigenvalue weighted by Gasteiger charge is -2.39. The topological polar surface area (TPSA) is 29.5 Å². The summed E-state index contributed by atoms with van der Waals surface area (Å²) in [6, 6.07) is 0. The first kappa shape index (κ1) is 12.5. The highest BCUT2D eigenvalue weighted by Crippen LogP contribution is 2.30. The zero-order chi connectivity index (χ0) is 11.4. The molecule has 0 N–H and O–H groups in total. The van der Waals surface area contributed by atoms with E-state index in [1.807, 2.05) is 6.92 Å². The van der Waals surface area contributed by atoms with E-state index in [0.717, 1.165) is 13.1 Å². The number of likely N-dealkylation sites (tertiary alicyclic amines) is 1. The fraction of sp³-hybridized carbons (Fsp3) is 0.917. The quantitative estimate of drug-likeness (QED) is 0.669. The summed E-state index contributed by atoms with van der Waals surface area (Å²) in [4.78, 5) is 13.8. The van der Waals surface area contributed by atoms with Crippen LogP contribution in [0, 0.1) is 17.8 Å². The lowest BCUT2D eigenvalue weighted by atomic mass is 9.78. The van der Waals surface area contributed by atoms with Gasteiger partial charge in [0.2, 0.25) is 0 Å². The summed E-state index contributed by atoms with van der Waals surface area (Å²) >= 11 is 0. The Balaban J connectivity index is 2.48. The molecule has 0 aromatic carbocycles. The van der Waals surface area contributed by atoms with Crippen LogP contribution in [0.25, 0.3) is 0 Å². The first-order chi connectivity index (χ1) is 7.04. The first-order valence-electron chi connectivity index (χ1n) is 5.88. The van der Waals surface area contributed by atoms with Crippen molar-refractivity contribution in [3.8, 4) is 0 Å². The summed E-state index contributed by atoms with van der Waals surface area (Å²) in [6.45, 7) is 9.00. The van der Waals surface area contributed by atoms with Gasteiger partial charge in [-0.05, 0) is 31.7 Å². The fourth-order valence-electron chi connectivity index (χ4n) is 2.70. The average Bonchev–Trinajstić information content (AvgIpc) is 2.11. The Kier molecular flexibility index (Phi) is 4.58. The minimum absolute atomic E-state index is 0.0363. The van der Waals surface area contributed by atoms with E-state index in [9.17, 15) is 4.79 Å². The molecule has 0 aromatic rings. The monoisotopic (exact) mass is 213 g/mol. The molecular weight excluding hydrogens is 190 g/mol. The molecule has 0 amide bonds. The van der Waals surface area contributed by atoms with Crippen LogP contribution in [-0.4, -0.2) is 37.6 Å². The van der Waals surface area contributed by atoms with Crippen LogP contribution < -0.4 is 0 Å². The van der Waals surface area contributed by atoms with Crippen molar-refractivity contribution in [3.05, 3.63) is 0 Å². The van der Waals surface area contributed by atoms with Gasteiger partial charge < -0.3 is 9.64 Å². The van der Waals surface area contributed by atoms with Crippen LogP contribution in [0.15, 0.2) is 0 Å². The molecule has 0 saturated carbocycles. The number of carbonyl (C=O) groups excluding carboxylic acids is 1. The van der Waals surface area contributed by atoms with Crippen molar-refractivity contribution < 1.29 is 9.53 Å². The third kappa shape index (κ3) is 3.49. The molecule has 3 nitrogen and oxygen atoms in total. The molecule has 0 radical (unpaired) electrons. The highest BCUT2D eigenvalue weighted by atomic mass is 16.5. The van der Waals surface area contributed by atoms with Gasteiger partial charge in [-0.25, -0.2) is 0 Å². The molecule has 15 heavy (non-hydrogen) atoms. The molecule has 0 aliphatic carbocycles. The molecule has 0 aromatic heterocycles. The van der Waals surface area contributed by atoms with Crippen LogP contribution in [0.1, 0.15) is 27.2 Å². The van der Waals surface area contributed by atoms with Crippen molar-refractivity contribution in [1.82, 2.24) is 4.90 Å². The summed E-state index contributed by atoms with van der Waals surface area (Å²) in [5, 5.41) is 0. The minimum Gasteiger partial charge on any atom is -0.466 e. The number of nitrogens with zero attached hydrogens (tertiary/aromatic N) is 1. The van der Waals surface area contributed by atoms with E-state index >= 15 is 0 Å². The van der Waals surface area contributed by atoms with Crippen LogP contribution in [0.2, 0.25) is 0 Å². The lowest BCUT2D eigenvalue weighted by molar-refractivity contribution is -0.145. The van der Waals surface area contributed by atoms with Crippen molar-refractivity contribution in [2.75, 3.05) is 26.7 Å². The van der Waals surface area contributed by atoms with Crippen molar-refractivity contribution >= 4 is 5.97 Å². The Labute approximate surface area is 92.8 Å². The van der Waals surface area contributed by atoms with Crippen LogP contribution in [0.5, 0.6) is 0 Å². The molecule has 2 unspecified atom stereocenters. The zero-order valence-corrected chi connectivity index (χ0v) is 10.3. The van der Waals surface area contributed by atoms with E-state index in [1.165, 1.54) is 0 Å². The van der Waals surface area contributed by atoms with Gasteiger partial charge in [0.25, 0.3) is 0 Å². The molecule has 1 fully saturated rings. The van der Waals surface area contributed by atoms with Gasteiger partial charge in [-0.2, -0.15) is 0 Å².